The smallest absolute Gasteiger partial charge is 0.227 e. The molecule has 0 saturated heterocycles. The number of oxazole rings is 1. The molecular weight excluding hydrogens is 299 g/mol. The Morgan fingerprint density at radius 2 is 1.78 bits per heavy atom. The van der Waals surface area contributed by atoms with Gasteiger partial charge in [0, 0.05) is 5.56 Å². The summed E-state index contributed by atoms with van der Waals surface area (Å²) >= 11 is 0. The average Bonchev–Trinajstić information content (AvgIpc) is 2.90. The zero-order valence-corrected chi connectivity index (χ0v) is 11.9. The Hall–Kier alpha value is -3.42. The maximum Gasteiger partial charge on any atom is 0.227 e. The van der Waals surface area contributed by atoms with Crippen LogP contribution in [0.5, 0.6) is 0 Å². The van der Waals surface area contributed by atoms with Crippen LogP contribution in [-0.4, -0.2) is 16.9 Å². The molecule has 0 bridgehead atoms. The van der Waals surface area contributed by atoms with Gasteiger partial charge in [0.05, 0.1) is 5.69 Å². The monoisotopic (exact) mass is 312 g/mol. The molecule has 3 rings (SSSR count). The minimum absolute atomic E-state index is 0.0633. The molecule has 3 aromatic rings. The lowest BCUT2D eigenvalue weighted by molar-refractivity contribution is 0.616. The van der Waals surface area contributed by atoms with Crippen LogP contribution in [-0.2, 0) is 0 Å². The Morgan fingerprint density at radius 1 is 1.04 bits per heavy atom. The van der Waals surface area contributed by atoms with E-state index < -0.39 is 0 Å². The maximum atomic E-state index is 13.0. The summed E-state index contributed by atoms with van der Waals surface area (Å²) in [6.07, 6.45) is 0. The number of hydrogen-bond donors (Lipinski definition) is 3. The maximum absolute atomic E-state index is 13.0. The van der Waals surface area contributed by atoms with Gasteiger partial charge in [-0.2, -0.15) is 4.99 Å². The molecule has 7 nitrogen and oxygen atoms in total. The standard InChI is InChI=1S/C15H13FN6O/c16-9-3-1-8(2-4-9)13-21-11-7-10(5-6-12(11)23-13)20-15(19)22-14(17)18/h1-7H,(H6,17,18,19,20,22). The van der Waals surface area contributed by atoms with E-state index in [9.17, 15) is 4.39 Å². The van der Waals surface area contributed by atoms with Crippen molar-refractivity contribution < 1.29 is 8.81 Å². The molecule has 0 unspecified atom stereocenters. The van der Waals surface area contributed by atoms with Crippen LogP contribution in [0.3, 0.4) is 0 Å². The van der Waals surface area contributed by atoms with E-state index in [2.05, 4.69) is 15.0 Å². The van der Waals surface area contributed by atoms with Crippen LogP contribution in [0.1, 0.15) is 0 Å². The summed E-state index contributed by atoms with van der Waals surface area (Å²) in [6.45, 7) is 0. The fraction of sp³-hybridized carbons (Fsp3) is 0. The average molecular weight is 312 g/mol. The zero-order chi connectivity index (χ0) is 16.4. The highest BCUT2D eigenvalue weighted by Gasteiger charge is 2.09. The Bertz CT molecular complexity index is 909. The lowest BCUT2D eigenvalue weighted by Gasteiger charge is -1.95. The number of rotatable bonds is 2. The number of hydrogen-bond acceptors (Lipinski definition) is 3. The minimum atomic E-state index is -0.323. The molecule has 0 fully saturated rings. The molecular formula is C15H13FN6O. The highest BCUT2D eigenvalue weighted by molar-refractivity contribution is 5.94. The number of aromatic nitrogens is 1. The Labute approximate surface area is 130 Å². The number of fused-ring (bicyclic) bond motifs is 1. The summed E-state index contributed by atoms with van der Waals surface area (Å²) in [5.74, 6) is -0.172. The normalized spacial score (nSPS) is 11.6. The van der Waals surface area contributed by atoms with Crippen molar-refractivity contribution in [2.24, 2.45) is 27.2 Å². The van der Waals surface area contributed by atoms with Gasteiger partial charge in [0.2, 0.25) is 11.9 Å². The van der Waals surface area contributed by atoms with Crippen molar-refractivity contribution >= 4 is 28.7 Å². The van der Waals surface area contributed by atoms with Crippen LogP contribution in [0.15, 0.2) is 56.9 Å². The molecule has 0 aliphatic rings. The van der Waals surface area contributed by atoms with Gasteiger partial charge in [0.1, 0.15) is 11.3 Å². The van der Waals surface area contributed by atoms with Gasteiger partial charge >= 0.3 is 0 Å². The highest BCUT2D eigenvalue weighted by Crippen LogP contribution is 2.27. The minimum Gasteiger partial charge on any atom is -0.436 e. The van der Waals surface area contributed by atoms with Crippen molar-refractivity contribution in [3.05, 3.63) is 48.3 Å². The van der Waals surface area contributed by atoms with E-state index in [-0.39, 0.29) is 17.7 Å². The summed E-state index contributed by atoms with van der Waals surface area (Å²) in [4.78, 5) is 12.1. The van der Waals surface area contributed by atoms with Gasteiger partial charge in [-0.25, -0.2) is 14.4 Å². The zero-order valence-electron chi connectivity index (χ0n) is 11.9. The van der Waals surface area contributed by atoms with Gasteiger partial charge in [-0.05, 0) is 42.5 Å². The Balaban J connectivity index is 1.98. The molecule has 0 radical (unpaired) electrons. The van der Waals surface area contributed by atoms with Gasteiger partial charge in [0.25, 0.3) is 0 Å². The van der Waals surface area contributed by atoms with Crippen molar-refractivity contribution in [3.8, 4) is 11.5 Å². The molecule has 6 N–H and O–H groups in total. The number of halogens is 1. The van der Waals surface area contributed by atoms with Crippen molar-refractivity contribution in [2.75, 3.05) is 0 Å². The SMILES string of the molecule is NC(N)=NC(N)=Nc1ccc2oc(-c3ccc(F)cc3)nc2c1. The third-order valence-electron chi connectivity index (χ3n) is 2.95. The second-order valence-corrected chi connectivity index (χ2v) is 4.68. The highest BCUT2D eigenvalue weighted by atomic mass is 19.1. The first-order chi connectivity index (χ1) is 11.0. The van der Waals surface area contributed by atoms with Gasteiger partial charge in [-0.15, -0.1) is 0 Å². The van der Waals surface area contributed by atoms with Gasteiger partial charge in [0.15, 0.2) is 11.5 Å². The van der Waals surface area contributed by atoms with Crippen LogP contribution in [0.4, 0.5) is 10.1 Å². The van der Waals surface area contributed by atoms with Gasteiger partial charge in [-0.1, -0.05) is 0 Å². The van der Waals surface area contributed by atoms with E-state index in [0.29, 0.717) is 28.2 Å². The van der Waals surface area contributed by atoms with E-state index in [1.807, 2.05) is 0 Å². The summed E-state index contributed by atoms with van der Waals surface area (Å²) in [5, 5.41) is 0. The van der Waals surface area contributed by atoms with Crippen LogP contribution in [0, 0.1) is 5.82 Å². The van der Waals surface area contributed by atoms with Crippen molar-refractivity contribution in [1.82, 2.24) is 4.98 Å². The largest absolute Gasteiger partial charge is 0.436 e. The molecule has 8 heteroatoms. The van der Waals surface area contributed by atoms with Crippen LogP contribution in [0.25, 0.3) is 22.6 Å². The molecule has 0 amide bonds. The predicted molar refractivity (Wildman–Crippen MR) is 86.5 cm³/mol. The van der Waals surface area contributed by atoms with E-state index in [4.69, 9.17) is 21.6 Å². The topological polar surface area (TPSA) is 129 Å². The van der Waals surface area contributed by atoms with Crippen molar-refractivity contribution in [2.45, 2.75) is 0 Å². The molecule has 0 aliphatic heterocycles. The molecule has 0 aliphatic carbocycles. The number of benzene rings is 2. The molecule has 0 spiro atoms. The number of aliphatic imine (C=N–C) groups is 2. The molecule has 116 valence electrons. The fourth-order valence-corrected chi connectivity index (χ4v) is 1.99. The summed E-state index contributed by atoms with van der Waals surface area (Å²) in [5.41, 5.74) is 18.4. The second kappa shape index (κ2) is 5.76. The Morgan fingerprint density at radius 3 is 2.48 bits per heavy atom. The Kier molecular flexibility index (Phi) is 3.63. The molecule has 1 aromatic heterocycles. The summed E-state index contributed by atoms with van der Waals surface area (Å²) in [6, 6.07) is 11.0. The number of nitrogens with zero attached hydrogens (tertiary/aromatic N) is 3. The van der Waals surface area contributed by atoms with E-state index in [1.165, 1.54) is 12.1 Å². The lowest BCUT2D eigenvalue weighted by atomic mass is 10.2. The van der Waals surface area contributed by atoms with Crippen LogP contribution in [0.2, 0.25) is 0 Å². The first-order valence-corrected chi connectivity index (χ1v) is 6.61. The molecule has 2 aromatic carbocycles. The second-order valence-electron chi connectivity index (χ2n) is 4.68. The first kappa shape index (κ1) is 14.5. The summed E-state index contributed by atoms with van der Waals surface area (Å²) in [7, 11) is 0. The van der Waals surface area contributed by atoms with E-state index in [0.717, 1.165) is 0 Å². The van der Waals surface area contributed by atoms with Crippen LogP contribution < -0.4 is 17.2 Å². The predicted octanol–water partition coefficient (Wildman–Crippen LogP) is 1.85. The fourth-order valence-electron chi connectivity index (χ4n) is 1.99. The molecule has 23 heavy (non-hydrogen) atoms. The van der Waals surface area contributed by atoms with Crippen molar-refractivity contribution in [1.29, 1.82) is 0 Å². The number of guanidine groups is 2. The lowest BCUT2D eigenvalue weighted by Crippen LogP contribution is -2.26. The van der Waals surface area contributed by atoms with Gasteiger partial charge in [-0.3, -0.25) is 0 Å². The van der Waals surface area contributed by atoms with Gasteiger partial charge < -0.3 is 21.6 Å². The third kappa shape index (κ3) is 3.26. The quantitative estimate of drug-likeness (QED) is 0.491. The molecule has 0 saturated carbocycles. The third-order valence-corrected chi connectivity index (χ3v) is 2.95. The van der Waals surface area contributed by atoms with E-state index >= 15 is 0 Å². The number of nitrogens with two attached hydrogens (primary N) is 3. The van der Waals surface area contributed by atoms with Crippen molar-refractivity contribution in [3.63, 3.8) is 0 Å². The molecule has 1 heterocycles. The first-order valence-electron chi connectivity index (χ1n) is 6.61. The summed E-state index contributed by atoms with van der Waals surface area (Å²) < 4.78 is 18.6. The van der Waals surface area contributed by atoms with E-state index in [1.54, 1.807) is 30.3 Å². The molecule has 0 atom stereocenters. The van der Waals surface area contributed by atoms with Crippen LogP contribution >= 0.6 is 0 Å².